The second kappa shape index (κ2) is 9.35. The van der Waals surface area contributed by atoms with Gasteiger partial charge in [-0.05, 0) is 44.4 Å². The first-order chi connectivity index (χ1) is 16.1. The Labute approximate surface area is 208 Å². The van der Waals surface area contributed by atoms with Gasteiger partial charge in [-0.2, -0.15) is 5.01 Å². The minimum absolute atomic E-state index is 0.0382. The molecule has 8 heteroatoms. The molecule has 2 aromatic carbocycles. The number of benzene rings is 2. The van der Waals surface area contributed by atoms with E-state index >= 15 is 0 Å². The van der Waals surface area contributed by atoms with Crippen molar-refractivity contribution < 1.29 is 19.2 Å². The van der Waals surface area contributed by atoms with Crippen LogP contribution in [0.25, 0.3) is 0 Å². The number of hydrogen-bond donors (Lipinski definition) is 0. The van der Waals surface area contributed by atoms with Gasteiger partial charge in [0.05, 0.1) is 22.4 Å². The van der Waals surface area contributed by atoms with E-state index in [1.54, 1.807) is 24.3 Å². The summed E-state index contributed by atoms with van der Waals surface area (Å²) >= 11 is 12.3. The van der Waals surface area contributed by atoms with Gasteiger partial charge in [0.25, 0.3) is 17.7 Å². The van der Waals surface area contributed by atoms with Crippen LogP contribution in [-0.2, 0) is 9.59 Å². The predicted octanol–water partition coefficient (Wildman–Crippen LogP) is 5.13. The van der Waals surface area contributed by atoms with Crippen LogP contribution in [0.4, 0.5) is 0 Å². The number of amides is 3. The fourth-order valence-electron chi connectivity index (χ4n) is 4.64. The van der Waals surface area contributed by atoms with Crippen molar-refractivity contribution in [3.8, 4) is 0 Å². The molecule has 0 unspecified atom stereocenters. The van der Waals surface area contributed by atoms with Gasteiger partial charge in [0.2, 0.25) is 0 Å². The Morgan fingerprint density at radius 1 is 1.06 bits per heavy atom. The number of hydrogen-bond acceptors (Lipinski definition) is 4. The quantitative estimate of drug-likeness (QED) is 0.325. The maximum Gasteiger partial charge on any atom is 0.275 e. The van der Waals surface area contributed by atoms with Crippen LogP contribution in [0.1, 0.15) is 46.5 Å². The summed E-state index contributed by atoms with van der Waals surface area (Å²) in [4.78, 5) is 54.1. The van der Waals surface area contributed by atoms with E-state index in [0.717, 1.165) is 15.6 Å². The number of carbonyl (C=O) groups is 4. The van der Waals surface area contributed by atoms with Gasteiger partial charge in [-0.25, -0.2) is 5.01 Å². The van der Waals surface area contributed by atoms with Gasteiger partial charge < -0.3 is 0 Å². The molecule has 2 aromatic rings. The van der Waals surface area contributed by atoms with Crippen LogP contribution in [0, 0.1) is 24.7 Å². The van der Waals surface area contributed by atoms with Gasteiger partial charge in [0, 0.05) is 10.6 Å². The molecule has 1 heterocycles. The molecule has 2 aliphatic rings. The summed E-state index contributed by atoms with van der Waals surface area (Å²) in [6.07, 6.45) is 4.18. The normalized spacial score (nSPS) is 22.5. The van der Waals surface area contributed by atoms with Gasteiger partial charge in [0.15, 0.2) is 5.78 Å². The molecule has 0 radical (unpaired) electrons. The molecule has 4 atom stereocenters. The monoisotopic (exact) mass is 498 g/mol. The lowest BCUT2D eigenvalue weighted by molar-refractivity contribution is -0.156. The maximum absolute atomic E-state index is 13.8. The van der Waals surface area contributed by atoms with E-state index in [4.69, 9.17) is 23.2 Å². The summed E-state index contributed by atoms with van der Waals surface area (Å²) in [7, 11) is 0. The Balaban J connectivity index is 1.79. The molecule has 176 valence electrons. The zero-order chi connectivity index (χ0) is 24.7. The van der Waals surface area contributed by atoms with Crippen molar-refractivity contribution in [2.24, 2.45) is 17.8 Å². The van der Waals surface area contributed by atoms with E-state index < -0.39 is 41.4 Å². The van der Waals surface area contributed by atoms with E-state index in [1.807, 2.05) is 26.0 Å². The minimum atomic E-state index is -1.14. The molecule has 0 spiro atoms. The molecular formula is C26H24Cl2N2O4. The topological polar surface area (TPSA) is 74.8 Å². The third-order valence-corrected chi connectivity index (χ3v) is 7.06. The van der Waals surface area contributed by atoms with Crippen LogP contribution in [0.5, 0.6) is 0 Å². The van der Waals surface area contributed by atoms with E-state index in [9.17, 15) is 19.2 Å². The number of fused-ring (bicyclic) bond motifs is 1. The highest BCUT2D eigenvalue weighted by Crippen LogP contribution is 2.40. The number of halogens is 2. The summed E-state index contributed by atoms with van der Waals surface area (Å²) in [6, 6.07) is 10.1. The van der Waals surface area contributed by atoms with Crippen molar-refractivity contribution in [1.29, 1.82) is 0 Å². The number of Topliss-reactive ketones (excluding diaryl/α,β-unsaturated/α-hetero) is 1. The van der Waals surface area contributed by atoms with Crippen LogP contribution in [-0.4, -0.2) is 39.6 Å². The minimum Gasteiger partial charge on any atom is -0.292 e. The molecule has 6 nitrogen and oxygen atoms in total. The average Bonchev–Trinajstić information content (AvgIpc) is 3.05. The Bertz CT molecular complexity index is 1210. The lowest BCUT2D eigenvalue weighted by Crippen LogP contribution is -2.56. The first-order valence-electron chi connectivity index (χ1n) is 11.1. The molecule has 0 bridgehead atoms. The van der Waals surface area contributed by atoms with Crippen LogP contribution in [0.3, 0.4) is 0 Å². The van der Waals surface area contributed by atoms with Crippen molar-refractivity contribution >= 4 is 46.7 Å². The number of hydrazine groups is 1. The van der Waals surface area contributed by atoms with Crippen molar-refractivity contribution in [2.75, 3.05) is 0 Å². The highest BCUT2D eigenvalue weighted by atomic mass is 35.5. The molecule has 34 heavy (non-hydrogen) atoms. The molecule has 1 aliphatic carbocycles. The molecular weight excluding hydrogens is 475 g/mol. The number of imide groups is 1. The Kier molecular flexibility index (Phi) is 6.65. The van der Waals surface area contributed by atoms with E-state index in [0.29, 0.717) is 17.0 Å². The Morgan fingerprint density at radius 2 is 1.74 bits per heavy atom. The second-order valence-electron chi connectivity index (χ2n) is 8.82. The van der Waals surface area contributed by atoms with E-state index in [1.165, 1.54) is 25.1 Å². The summed E-state index contributed by atoms with van der Waals surface area (Å²) < 4.78 is 0. The van der Waals surface area contributed by atoms with Crippen LogP contribution in [0.15, 0.2) is 54.6 Å². The SMILES string of the molecule is Cc1ccc(C(=O)[C@H](C)N(C(=O)c2ccc(Cl)cc2Cl)N2C(=O)[C@H]3[C@H](C)C=CC[C@H]3C2=O)cc1. The van der Waals surface area contributed by atoms with E-state index in [-0.39, 0.29) is 16.5 Å². The van der Waals surface area contributed by atoms with Gasteiger partial charge in [0.1, 0.15) is 6.04 Å². The average molecular weight is 499 g/mol. The van der Waals surface area contributed by atoms with Gasteiger partial charge in [-0.1, -0.05) is 72.1 Å². The van der Waals surface area contributed by atoms with Crippen molar-refractivity contribution in [1.82, 2.24) is 10.0 Å². The number of rotatable bonds is 5. The molecule has 1 aliphatic heterocycles. The number of allylic oxidation sites excluding steroid dienone is 2. The van der Waals surface area contributed by atoms with Gasteiger partial charge >= 0.3 is 0 Å². The lowest BCUT2D eigenvalue weighted by atomic mass is 9.78. The van der Waals surface area contributed by atoms with Crippen molar-refractivity contribution in [3.63, 3.8) is 0 Å². The molecule has 1 saturated heterocycles. The van der Waals surface area contributed by atoms with Gasteiger partial charge in [-0.15, -0.1) is 0 Å². The first kappa shape index (κ1) is 24.2. The van der Waals surface area contributed by atoms with Crippen molar-refractivity contribution in [2.45, 2.75) is 33.2 Å². The Morgan fingerprint density at radius 3 is 2.35 bits per heavy atom. The maximum atomic E-state index is 13.8. The summed E-state index contributed by atoms with van der Waals surface area (Å²) in [6.45, 7) is 5.27. The van der Waals surface area contributed by atoms with Crippen LogP contribution >= 0.6 is 23.2 Å². The second-order valence-corrected chi connectivity index (χ2v) is 9.67. The zero-order valence-corrected chi connectivity index (χ0v) is 20.5. The fourth-order valence-corrected chi connectivity index (χ4v) is 5.13. The number of nitrogens with zero attached hydrogens (tertiary/aromatic N) is 2. The first-order valence-corrected chi connectivity index (χ1v) is 11.8. The molecule has 0 saturated carbocycles. The molecule has 1 fully saturated rings. The van der Waals surface area contributed by atoms with Crippen molar-refractivity contribution in [3.05, 3.63) is 81.4 Å². The summed E-state index contributed by atoms with van der Waals surface area (Å²) in [5.74, 6) is -3.45. The number of aryl methyl sites for hydroxylation is 1. The largest absolute Gasteiger partial charge is 0.292 e. The molecule has 0 N–H and O–H groups in total. The van der Waals surface area contributed by atoms with Gasteiger partial charge in [-0.3, -0.25) is 19.2 Å². The third-order valence-electron chi connectivity index (χ3n) is 6.52. The van der Waals surface area contributed by atoms with Crippen LogP contribution in [0.2, 0.25) is 10.0 Å². The number of carbonyl (C=O) groups excluding carboxylic acids is 4. The number of ketones is 1. The summed E-state index contributed by atoms with van der Waals surface area (Å²) in [5.41, 5.74) is 1.38. The molecule has 4 rings (SSSR count). The highest BCUT2D eigenvalue weighted by molar-refractivity contribution is 6.36. The lowest BCUT2D eigenvalue weighted by Gasteiger charge is -2.35. The summed E-state index contributed by atoms with van der Waals surface area (Å²) in [5, 5.41) is 2.22. The molecule has 3 amide bonds. The standard InChI is InChI=1S/C26H24Cl2N2O4/c1-14-7-9-17(10-8-14)23(31)16(3)29(24(32)19-12-11-18(27)13-21(19)28)30-25(33)20-6-4-5-15(2)22(20)26(30)34/h4-5,7-13,15-16,20,22H,6H2,1-3H3/t15-,16+,20-,22+/m1/s1. The Hall–Kier alpha value is -2.96. The zero-order valence-electron chi connectivity index (χ0n) is 19.0. The highest BCUT2D eigenvalue weighted by Gasteiger charge is 2.54. The van der Waals surface area contributed by atoms with Crippen LogP contribution < -0.4 is 0 Å². The molecule has 0 aromatic heterocycles. The third kappa shape index (κ3) is 4.17. The predicted molar refractivity (Wildman–Crippen MR) is 129 cm³/mol. The smallest absolute Gasteiger partial charge is 0.275 e. The van der Waals surface area contributed by atoms with E-state index in [2.05, 4.69) is 0 Å². The fraction of sp³-hybridized carbons (Fsp3) is 0.308.